The van der Waals surface area contributed by atoms with Crippen molar-refractivity contribution in [1.29, 1.82) is 0 Å². The minimum absolute atomic E-state index is 0.0248. The first-order valence-corrected chi connectivity index (χ1v) is 7.78. The Morgan fingerprint density at radius 3 is 2.48 bits per heavy atom. The van der Waals surface area contributed by atoms with Crippen molar-refractivity contribution in [3.63, 3.8) is 0 Å². The standard InChI is InChI=1S/C17H21NO3/c19-16(11-15-3-1-2-10-21-15)18-14-8-6-13(7-9-14)17(20)12-4-5-12/h6-9,12,15H,1-5,10-11H2,(H,18,19). The normalized spacial score (nSPS) is 21.8. The molecule has 1 amide bonds. The Morgan fingerprint density at radius 1 is 1.10 bits per heavy atom. The lowest BCUT2D eigenvalue weighted by Crippen LogP contribution is -2.25. The van der Waals surface area contributed by atoms with Gasteiger partial charge in [0.1, 0.15) is 0 Å². The summed E-state index contributed by atoms with van der Waals surface area (Å²) in [5.41, 5.74) is 1.48. The fourth-order valence-electron chi connectivity index (χ4n) is 2.69. The molecule has 1 aliphatic heterocycles. The minimum Gasteiger partial charge on any atom is -0.378 e. The zero-order valence-electron chi connectivity index (χ0n) is 12.1. The van der Waals surface area contributed by atoms with Crippen LogP contribution in [0.3, 0.4) is 0 Å². The third kappa shape index (κ3) is 3.91. The van der Waals surface area contributed by atoms with Gasteiger partial charge in [0.2, 0.25) is 5.91 Å². The van der Waals surface area contributed by atoms with E-state index in [4.69, 9.17) is 4.74 Å². The molecule has 1 atom stereocenters. The molecule has 0 bridgehead atoms. The zero-order valence-corrected chi connectivity index (χ0v) is 12.1. The van der Waals surface area contributed by atoms with Crippen molar-refractivity contribution in [2.24, 2.45) is 5.92 Å². The predicted octanol–water partition coefficient (Wildman–Crippen LogP) is 3.18. The summed E-state index contributed by atoms with van der Waals surface area (Å²) in [6.07, 6.45) is 5.67. The quantitative estimate of drug-likeness (QED) is 0.846. The molecule has 1 saturated heterocycles. The van der Waals surface area contributed by atoms with Crippen LogP contribution in [0.5, 0.6) is 0 Å². The number of benzene rings is 1. The van der Waals surface area contributed by atoms with E-state index in [0.717, 1.165) is 50.0 Å². The highest BCUT2D eigenvalue weighted by Gasteiger charge is 2.30. The Labute approximate surface area is 124 Å². The second kappa shape index (κ2) is 6.39. The molecule has 1 aliphatic carbocycles. The second-order valence-electron chi connectivity index (χ2n) is 5.96. The zero-order chi connectivity index (χ0) is 14.7. The van der Waals surface area contributed by atoms with Crippen LogP contribution in [0.25, 0.3) is 0 Å². The van der Waals surface area contributed by atoms with Crippen LogP contribution in [0.15, 0.2) is 24.3 Å². The first-order valence-electron chi connectivity index (χ1n) is 7.78. The molecule has 1 aromatic rings. The molecule has 1 saturated carbocycles. The fraction of sp³-hybridized carbons (Fsp3) is 0.529. The maximum Gasteiger partial charge on any atom is 0.226 e. The number of nitrogens with one attached hydrogen (secondary N) is 1. The Hall–Kier alpha value is -1.68. The Morgan fingerprint density at radius 2 is 1.86 bits per heavy atom. The number of amides is 1. The molecule has 0 spiro atoms. The van der Waals surface area contributed by atoms with Crippen LogP contribution in [0, 0.1) is 5.92 Å². The third-order valence-electron chi connectivity index (χ3n) is 4.09. The number of ketones is 1. The van der Waals surface area contributed by atoms with Crippen LogP contribution < -0.4 is 5.32 Å². The van der Waals surface area contributed by atoms with Crippen molar-refractivity contribution in [3.05, 3.63) is 29.8 Å². The lowest BCUT2D eigenvalue weighted by atomic mass is 10.1. The summed E-state index contributed by atoms with van der Waals surface area (Å²) in [4.78, 5) is 23.9. The maximum absolute atomic E-state index is 12.0. The number of Topliss-reactive ketones (excluding diaryl/α,β-unsaturated/α-hetero) is 1. The second-order valence-corrected chi connectivity index (χ2v) is 5.96. The van der Waals surface area contributed by atoms with Gasteiger partial charge in [0.05, 0.1) is 12.5 Å². The Kier molecular flexibility index (Phi) is 4.34. The van der Waals surface area contributed by atoms with Gasteiger partial charge in [0.25, 0.3) is 0 Å². The maximum atomic E-state index is 12.0. The first kappa shape index (κ1) is 14.3. The summed E-state index contributed by atoms with van der Waals surface area (Å²) in [5, 5.41) is 2.87. The summed E-state index contributed by atoms with van der Waals surface area (Å²) in [6, 6.07) is 7.20. The summed E-state index contributed by atoms with van der Waals surface area (Å²) in [7, 11) is 0. The minimum atomic E-state index is -0.0248. The largest absolute Gasteiger partial charge is 0.378 e. The van der Waals surface area contributed by atoms with E-state index in [2.05, 4.69) is 5.32 Å². The number of anilines is 1. The van der Waals surface area contributed by atoms with Gasteiger partial charge in [-0.2, -0.15) is 0 Å². The summed E-state index contributed by atoms with van der Waals surface area (Å²) in [5.74, 6) is 0.431. The lowest BCUT2D eigenvalue weighted by molar-refractivity contribution is -0.119. The van der Waals surface area contributed by atoms with E-state index in [1.807, 2.05) is 0 Å². The molecule has 1 unspecified atom stereocenters. The van der Waals surface area contributed by atoms with E-state index < -0.39 is 0 Å². The molecule has 2 aliphatic rings. The van der Waals surface area contributed by atoms with E-state index in [-0.39, 0.29) is 23.7 Å². The number of rotatable bonds is 5. The third-order valence-corrected chi connectivity index (χ3v) is 4.09. The molecule has 2 fully saturated rings. The van der Waals surface area contributed by atoms with Crippen molar-refractivity contribution >= 4 is 17.4 Å². The van der Waals surface area contributed by atoms with Gasteiger partial charge in [-0.15, -0.1) is 0 Å². The fourth-order valence-corrected chi connectivity index (χ4v) is 2.69. The van der Waals surface area contributed by atoms with Crippen molar-refractivity contribution in [1.82, 2.24) is 0 Å². The van der Waals surface area contributed by atoms with E-state index in [1.54, 1.807) is 24.3 Å². The van der Waals surface area contributed by atoms with Crippen molar-refractivity contribution in [2.75, 3.05) is 11.9 Å². The van der Waals surface area contributed by atoms with Crippen LogP contribution >= 0.6 is 0 Å². The molecule has 4 nitrogen and oxygen atoms in total. The van der Waals surface area contributed by atoms with E-state index in [0.29, 0.717) is 6.42 Å². The smallest absolute Gasteiger partial charge is 0.226 e. The number of carbonyl (C=O) groups is 2. The van der Waals surface area contributed by atoms with E-state index in [9.17, 15) is 9.59 Å². The van der Waals surface area contributed by atoms with Crippen LogP contribution in [-0.4, -0.2) is 24.4 Å². The van der Waals surface area contributed by atoms with Crippen LogP contribution in [-0.2, 0) is 9.53 Å². The number of hydrogen-bond acceptors (Lipinski definition) is 3. The summed E-state index contributed by atoms with van der Waals surface area (Å²) < 4.78 is 5.56. The highest BCUT2D eigenvalue weighted by molar-refractivity contribution is 6.00. The molecule has 1 heterocycles. The monoisotopic (exact) mass is 287 g/mol. The molecule has 0 aromatic heterocycles. The molecule has 1 aromatic carbocycles. The van der Waals surface area contributed by atoms with Gasteiger partial charge in [0.15, 0.2) is 5.78 Å². The average molecular weight is 287 g/mol. The van der Waals surface area contributed by atoms with Gasteiger partial charge in [-0.25, -0.2) is 0 Å². The molecule has 3 rings (SSSR count). The van der Waals surface area contributed by atoms with Gasteiger partial charge in [-0.3, -0.25) is 9.59 Å². The van der Waals surface area contributed by atoms with Crippen LogP contribution in [0.1, 0.15) is 48.9 Å². The van der Waals surface area contributed by atoms with Gasteiger partial charge < -0.3 is 10.1 Å². The molecule has 112 valence electrons. The average Bonchev–Trinajstić information content (AvgIpc) is 3.33. The lowest BCUT2D eigenvalue weighted by Gasteiger charge is -2.21. The number of hydrogen-bond donors (Lipinski definition) is 1. The van der Waals surface area contributed by atoms with E-state index >= 15 is 0 Å². The van der Waals surface area contributed by atoms with Gasteiger partial charge in [0, 0.05) is 23.8 Å². The molecule has 4 heteroatoms. The summed E-state index contributed by atoms with van der Waals surface area (Å²) >= 11 is 0. The summed E-state index contributed by atoms with van der Waals surface area (Å²) in [6.45, 7) is 0.760. The van der Waals surface area contributed by atoms with Gasteiger partial charge >= 0.3 is 0 Å². The Balaban J connectivity index is 1.52. The molecule has 0 radical (unpaired) electrons. The van der Waals surface area contributed by atoms with Gasteiger partial charge in [-0.1, -0.05) is 0 Å². The highest BCUT2D eigenvalue weighted by atomic mass is 16.5. The predicted molar refractivity (Wildman–Crippen MR) is 80.3 cm³/mol. The van der Waals surface area contributed by atoms with Crippen LogP contribution in [0.2, 0.25) is 0 Å². The molecular weight excluding hydrogens is 266 g/mol. The number of carbonyl (C=O) groups excluding carboxylic acids is 2. The number of ether oxygens (including phenoxy) is 1. The van der Waals surface area contributed by atoms with Gasteiger partial charge in [-0.05, 0) is 56.4 Å². The molecule has 1 N–H and O–H groups in total. The highest BCUT2D eigenvalue weighted by Crippen LogP contribution is 2.32. The van der Waals surface area contributed by atoms with E-state index in [1.165, 1.54) is 0 Å². The Bertz CT molecular complexity index is 513. The SMILES string of the molecule is O=C(CC1CCCCO1)Nc1ccc(C(=O)C2CC2)cc1. The van der Waals surface area contributed by atoms with Crippen molar-refractivity contribution in [3.8, 4) is 0 Å². The van der Waals surface area contributed by atoms with Crippen molar-refractivity contribution < 1.29 is 14.3 Å². The van der Waals surface area contributed by atoms with Crippen LogP contribution in [0.4, 0.5) is 5.69 Å². The molecule has 21 heavy (non-hydrogen) atoms. The first-order chi connectivity index (χ1) is 10.2. The van der Waals surface area contributed by atoms with Crippen molar-refractivity contribution in [2.45, 2.75) is 44.6 Å². The topological polar surface area (TPSA) is 55.4 Å². The molecular formula is C17H21NO3.